The van der Waals surface area contributed by atoms with E-state index in [9.17, 15) is 0 Å². The summed E-state index contributed by atoms with van der Waals surface area (Å²) in [7, 11) is 1.77. The Morgan fingerprint density at radius 2 is 1.80 bits per heavy atom. The average Bonchev–Trinajstić information content (AvgIpc) is 3.41. The molecular formula is C22H26IN7. The third-order valence-corrected chi connectivity index (χ3v) is 4.84. The van der Waals surface area contributed by atoms with E-state index in [1.807, 2.05) is 34.9 Å². The smallest absolute Gasteiger partial charge is 0.191 e. The van der Waals surface area contributed by atoms with Gasteiger partial charge in [-0.3, -0.25) is 9.56 Å². The van der Waals surface area contributed by atoms with Crippen LogP contribution in [0.25, 0.3) is 16.6 Å². The number of para-hydroxylation sites is 2. The van der Waals surface area contributed by atoms with E-state index in [0.717, 1.165) is 37.0 Å². The zero-order valence-electron chi connectivity index (χ0n) is 16.9. The number of nitrogens with zero attached hydrogens (tertiary/aromatic N) is 5. The number of fused-ring (bicyclic) bond motifs is 1. The van der Waals surface area contributed by atoms with Gasteiger partial charge < -0.3 is 15.2 Å². The van der Waals surface area contributed by atoms with E-state index in [0.29, 0.717) is 6.54 Å². The molecule has 0 amide bonds. The summed E-state index contributed by atoms with van der Waals surface area (Å²) in [5.74, 6) is 1.59. The number of guanidine groups is 1. The fraction of sp³-hybridized carbons (Fsp3) is 0.227. The highest BCUT2D eigenvalue weighted by Gasteiger charge is 2.07. The molecule has 0 aliphatic rings. The maximum absolute atomic E-state index is 4.30. The third kappa shape index (κ3) is 5.18. The molecule has 2 N–H and O–H groups in total. The quantitative estimate of drug-likeness (QED) is 0.171. The molecule has 0 saturated heterocycles. The molecule has 0 saturated carbocycles. The van der Waals surface area contributed by atoms with Gasteiger partial charge in [-0.2, -0.15) is 0 Å². The summed E-state index contributed by atoms with van der Waals surface area (Å²) in [6.45, 7) is 2.33. The largest absolute Gasteiger partial charge is 0.356 e. The van der Waals surface area contributed by atoms with Crippen molar-refractivity contribution >= 4 is 40.8 Å². The van der Waals surface area contributed by atoms with Crippen molar-refractivity contribution in [1.29, 1.82) is 0 Å². The predicted octanol–water partition coefficient (Wildman–Crippen LogP) is 3.60. The molecule has 0 radical (unpaired) electrons. The summed E-state index contributed by atoms with van der Waals surface area (Å²) in [5.41, 5.74) is 2.31. The highest BCUT2D eigenvalue weighted by Crippen LogP contribution is 2.15. The van der Waals surface area contributed by atoms with Crippen LogP contribution in [0, 0.1) is 0 Å². The Kier molecular flexibility index (Phi) is 7.83. The van der Waals surface area contributed by atoms with Gasteiger partial charge in [0, 0.05) is 37.5 Å². The minimum Gasteiger partial charge on any atom is -0.356 e. The molecule has 0 aliphatic heterocycles. The highest BCUT2D eigenvalue weighted by molar-refractivity contribution is 14.0. The predicted molar refractivity (Wildman–Crippen MR) is 132 cm³/mol. The van der Waals surface area contributed by atoms with Gasteiger partial charge in [-0.15, -0.1) is 34.2 Å². The van der Waals surface area contributed by atoms with Crippen LogP contribution in [0.4, 0.5) is 0 Å². The van der Waals surface area contributed by atoms with Crippen molar-refractivity contribution in [3.05, 3.63) is 79.0 Å². The lowest BCUT2D eigenvalue weighted by Crippen LogP contribution is -2.38. The second-order valence-electron chi connectivity index (χ2n) is 6.73. The molecule has 2 aromatic carbocycles. The summed E-state index contributed by atoms with van der Waals surface area (Å²) < 4.78 is 4.26. The normalized spacial score (nSPS) is 11.3. The summed E-state index contributed by atoms with van der Waals surface area (Å²) in [4.78, 5) is 4.30. The lowest BCUT2D eigenvalue weighted by atomic mass is 10.2. The minimum absolute atomic E-state index is 0. The summed E-state index contributed by atoms with van der Waals surface area (Å²) >= 11 is 0. The van der Waals surface area contributed by atoms with Crippen LogP contribution in [-0.4, -0.2) is 38.9 Å². The Balaban J connectivity index is 0.00000256. The van der Waals surface area contributed by atoms with Crippen LogP contribution in [0.15, 0.2) is 78.2 Å². The van der Waals surface area contributed by atoms with Crippen LogP contribution in [0.3, 0.4) is 0 Å². The number of hydrogen-bond donors (Lipinski definition) is 2. The second-order valence-corrected chi connectivity index (χ2v) is 6.73. The summed E-state index contributed by atoms with van der Waals surface area (Å²) in [6, 6.07) is 20.7. The van der Waals surface area contributed by atoms with E-state index in [2.05, 4.69) is 66.9 Å². The SMILES string of the molecule is CN=C(NCCCn1ccc2ccccc21)NCc1nncn1-c1ccccc1.I. The molecule has 8 heteroatoms. The van der Waals surface area contributed by atoms with E-state index in [4.69, 9.17) is 0 Å². The van der Waals surface area contributed by atoms with Gasteiger partial charge in [0.2, 0.25) is 0 Å². The standard InChI is InChI=1S/C22H25N7.HI/c1-23-22(24-13-7-14-28-15-12-18-8-5-6-11-20(18)28)25-16-21-27-26-17-29(21)19-9-3-2-4-10-19;/h2-6,8-12,15,17H,7,13-14,16H2,1H3,(H2,23,24,25);1H. The lowest BCUT2D eigenvalue weighted by Gasteiger charge is -2.13. The number of nitrogens with one attached hydrogen (secondary N) is 2. The van der Waals surface area contributed by atoms with Crippen molar-refractivity contribution in [1.82, 2.24) is 30.0 Å². The molecule has 0 fully saturated rings. The van der Waals surface area contributed by atoms with Crippen molar-refractivity contribution in [2.24, 2.45) is 4.99 Å². The Morgan fingerprint density at radius 1 is 1.00 bits per heavy atom. The van der Waals surface area contributed by atoms with E-state index in [-0.39, 0.29) is 24.0 Å². The fourth-order valence-electron chi connectivity index (χ4n) is 3.36. The molecule has 0 bridgehead atoms. The molecule has 0 aliphatic carbocycles. The zero-order chi connectivity index (χ0) is 19.9. The zero-order valence-corrected chi connectivity index (χ0v) is 19.2. The number of rotatable bonds is 7. The molecule has 7 nitrogen and oxygen atoms in total. The number of aryl methyl sites for hydroxylation is 1. The van der Waals surface area contributed by atoms with E-state index >= 15 is 0 Å². The average molecular weight is 515 g/mol. The summed E-state index contributed by atoms with van der Waals surface area (Å²) in [5, 5.41) is 16.2. The molecular weight excluding hydrogens is 489 g/mol. The van der Waals surface area contributed by atoms with Gasteiger partial charge in [0.1, 0.15) is 6.33 Å². The van der Waals surface area contributed by atoms with Crippen LogP contribution >= 0.6 is 24.0 Å². The summed E-state index contributed by atoms with van der Waals surface area (Å²) in [6.07, 6.45) is 4.87. The second kappa shape index (κ2) is 10.8. The molecule has 2 aromatic heterocycles. The van der Waals surface area contributed by atoms with Crippen LogP contribution in [-0.2, 0) is 13.1 Å². The molecule has 2 heterocycles. The molecule has 30 heavy (non-hydrogen) atoms. The van der Waals surface area contributed by atoms with Crippen molar-refractivity contribution in [2.45, 2.75) is 19.5 Å². The molecule has 156 valence electrons. The van der Waals surface area contributed by atoms with Crippen LogP contribution in [0.5, 0.6) is 0 Å². The fourth-order valence-corrected chi connectivity index (χ4v) is 3.36. The monoisotopic (exact) mass is 515 g/mol. The maximum atomic E-state index is 4.30. The number of aromatic nitrogens is 4. The van der Waals surface area contributed by atoms with Crippen molar-refractivity contribution < 1.29 is 0 Å². The Labute approximate surface area is 193 Å². The number of aliphatic imine (C=N–C) groups is 1. The van der Waals surface area contributed by atoms with E-state index in [1.54, 1.807) is 13.4 Å². The van der Waals surface area contributed by atoms with Crippen molar-refractivity contribution in [2.75, 3.05) is 13.6 Å². The Hall–Kier alpha value is -2.88. The number of halogens is 1. The topological polar surface area (TPSA) is 72.1 Å². The number of benzene rings is 2. The van der Waals surface area contributed by atoms with Gasteiger partial charge in [0.15, 0.2) is 11.8 Å². The van der Waals surface area contributed by atoms with Crippen LogP contribution in [0.1, 0.15) is 12.2 Å². The maximum Gasteiger partial charge on any atom is 0.191 e. The van der Waals surface area contributed by atoms with Gasteiger partial charge in [0.05, 0.1) is 6.54 Å². The first-order valence-corrected chi connectivity index (χ1v) is 9.78. The molecule has 4 rings (SSSR count). The van der Waals surface area contributed by atoms with Gasteiger partial charge in [-0.1, -0.05) is 36.4 Å². The van der Waals surface area contributed by atoms with E-state index in [1.165, 1.54) is 10.9 Å². The Morgan fingerprint density at radius 3 is 2.63 bits per heavy atom. The highest BCUT2D eigenvalue weighted by atomic mass is 127. The first-order valence-electron chi connectivity index (χ1n) is 9.78. The first-order chi connectivity index (χ1) is 14.3. The van der Waals surface area contributed by atoms with Crippen molar-refractivity contribution in [3.8, 4) is 5.69 Å². The molecule has 0 unspecified atom stereocenters. The minimum atomic E-state index is 0. The Bertz CT molecular complexity index is 1090. The van der Waals surface area contributed by atoms with E-state index < -0.39 is 0 Å². The molecule has 4 aromatic rings. The molecule has 0 atom stereocenters. The first kappa shape index (κ1) is 21.8. The van der Waals surface area contributed by atoms with Crippen LogP contribution in [0.2, 0.25) is 0 Å². The third-order valence-electron chi connectivity index (χ3n) is 4.84. The van der Waals surface area contributed by atoms with Gasteiger partial charge in [0.25, 0.3) is 0 Å². The molecule has 0 spiro atoms. The van der Waals surface area contributed by atoms with Crippen molar-refractivity contribution in [3.63, 3.8) is 0 Å². The number of hydrogen-bond acceptors (Lipinski definition) is 3. The van der Waals surface area contributed by atoms with Gasteiger partial charge in [-0.05, 0) is 36.1 Å². The van der Waals surface area contributed by atoms with Crippen LogP contribution < -0.4 is 10.6 Å². The lowest BCUT2D eigenvalue weighted by molar-refractivity contribution is 0.638. The van der Waals surface area contributed by atoms with Gasteiger partial charge in [-0.25, -0.2) is 0 Å². The van der Waals surface area contributed by atoms with Gasteiger partial charge >= 0.3 is 0 Å².